The van der Waals surface area contributed by atoms with Crippen LogP contribution in [-0.4, -0.2) is 18.4 Å². The number of thiazole rings is 2. The summed E-state index contributed by atoms with van der Waals surface area (Å²) in [6, 6.07) is 12.3. The average molecular weight is 462 g/mol. The summed E-state index contributed by atoms with van der Waals surface area (Å²) < 4.78 is 35.9. The summed E-state index contributed by atoms with van der Waals surface area (Å²) in [6.45, 7) is 1.89. The summed E-state index contributed by atoms with van der Waals surface area (Å²) in [5.74, 6) is 0.0451. The average Bonchev–Trinajstić information content (AvgIpc) is 3.24. The Labute approximate surface area is 180 Å². The largest absolute Gasteiger partial charge is 0.382 e. The van der Waals surface area contributed by atoms with Gasteiger partial charge in [-0.05, 0) is 48.9 Å². The smallest absolute Gasteiger partial charge is 0.238 e. The molecule has 11 heteroatoms. The van der Waals surface area contributed by atoms with Gasteiger partial charge in [0.25, 0.3) is 0 Å². The van der Waals surface area contributed by atoms with Gasteiger partial charge in [0.2, 0.25) is 10.0 Å². The molecule has 4 rings (SSSR count). The number of hydrogen-bond acceptors (Lipinski definition) is 8. The van der Waals surface area contributed by atoms with E-state index in [4.69, 9.17) is 10.9 Å². The normalized spacial score (nSPS) is 11.6. The predicted molar refractivity (Wildman–Crippen MR) is 119 cm³/mol. The van der Waals surface area contributed by atoms with Gasteiger partial charge in [0.05, 0.1) is 15.5 Å². The third kappa shape index (κ3) is 4.19. The predicted octanol–water partition coefficient (Wildman–Crippen LogP) is 4.35. The highest BCUT2D eigenvalue weighted by molar-refractivity contribution is 7.89. The van der Waals surface area contributed by atoms with E-state index < -0.39 is 10.0 Å². The topological polar surface area (TPSA) is 124 Å². The van der Waals surface area contributed by atoms with Crippen LogP contribution in [0.2, 0.25) is 0 Å². The molecule has 0 atom stereocenters. The quantitative estimate of drug-likeness (QED) is 0.406. The second-order valence-electron chi connectivity index (χ2n) is 6.37. The molecule has 4 aromatic rings. The molecule has 0 aliphatic heterocycles. The first-order valence-electron chi connectivity index (χ1n) is 8.60. The zero-order valence-corrected chi connectivity index (χ0v) is 18.0. The SMILES string of the molecule is Cc1nc(-c2sc(Nc3ccc(S(N)(=O)=O)cc3)nc2N)sc1-c1ccc(F)cc1. The first kappa shape index (κ1) is 20.4. The minimum absolute atomic E-state index is 0.0268. The lowest BCUT2D eigenvalue weighted by molar-refractivity contribution is 0.598. The van der Waals surface area contributed by atoms with Gasteiger partial charge in [0.1, 0.15) is 21.5 Å². The lowest BCUT2D eigenvalue weighted by atomic mass is 10.1. The van der Waals surface area contributed by atoms with Crippen LogP contribution in [0.25, 0.3) is 20.3 Å². The molecular formula is C19H16FN5O2S3. The third-order valence-electron chi connectivity index (χ3n) is 4.18. The summed E-state index contributed by atoms with van der Waals surface area (Å²) in [5.41, 5.74) is 8.46. The van der Waals surface area contributed by atoms with Crippen molar-refractivity contribution < 1.29 is 12.8 Å². The molecule has 2 aromatic carbocycles. The number of nitrogens with one attached hydrogen (secondary N) is 1. The van der Waals surface area contributed by atoms with Crippen molar-refractivity contribution in [2.45, 2.75) is 11.8 Å². The fourth-order valence-corrected chi connectivity index (χ4v) is 5.33. The van der Waals surface area contributed by atoms with Crippen LogP contribution in [0.1, 0.15) is 5.69 Å². The highest BCUT2D eigenvalue weighted by Crippen LogP contribution is 2.41. The molecule has 0 aliphatic carbocycles. The van der Waals surface area contributed by atoms with E-state index in [9.17, 15) is 12.8 Å². The number of nitrogens with zero attached hydrogens (tertiary/aromatic N) is 2. The van der Waals surface area contributed by atoms with Gasteiger partial charge in [0, 0.05) is 5.69 Å². The van der Waals surface area contributed by atoms with Crippen molar-refractivity contribution >= 4 is 49.3 Å². The summed E-state index contributed by atoms with van der Waals surface area (Å²) in [4.78, 5) is 10.6. The molecule has 0 spiro atoms. The Bertz CT molecular complexity index is 1310. The number of benzene rings is 2. The van der Waals surface area contributed by atoms with Crippen molar-refractivity contribution in [3.8, 4) is 20.3 Å². The van der Waals surface area contributed by atoms with Gasteiger partial charge in [-0.1, -0.05) is 23.5 Å². The molecule has 2 heterocycles. The standard InChI is InChI=1S/C19H16FN5O2S3/c1-10-15(11-2-4-12(20)5-3-11)28-18(23-10)16-17(21)25-19(29-16)24-13-6-8-14(9-7-13)30(22,26)27/h2-9H,21H2,1H3,(H,24,25)(H2,22,26,27). The molecule has 0 aliphatic rings. The Morgan fingerprint density at radius 1 is 0.967 bits per heavy atom. The third-order valence-corrected chi connectivity index (χ3v) is 7.46. The number of aryl methyl sites for hydroxylation is 1. The van der Waals surface area contributed by atoms with E-state index in [-0.39, 0.29) is 10.7 Å². The second kappa shape index (κ2) is 7.76. The van der Waals surface area contributed by atoms with Gasteiger partial charge in [-0.3, -0.25) is 0 Å². The molecule has 0 saturated heterocycles. The maximum atomic E-state index is 13.2. The summed E-state index contributed by atoms with van der Waals surface area (Å²) >= 11 is 2.79. The summed E-state index contributed by atoms with van der Waals surface area (Å²) in [7, 11) is -3.75. The molecule has 0 amide bonds. The van der Waals surface area contributed by atoms with Gasteiger partial charge in [-0.2, -0.15) is 0 Å². The van der Waals surface area contributed by atoms with Crippen LogP contribution in [0.4, 0.5) is 21.0 Å². The van der Waals surface area contributed by atoms with E-state index in [2.05, 4.69) is 15.3 Å². The van der Waals surface area contributed by atoms with Crippen molar-refractivity contribution in [2.24, 2.45) is 5.14 Å². The fraction of sp³-hybridized carbons (Fsp3) is 0.0526. The second-order valence-corrected chi connectivity index (χ2v) is 9.93. The van der Waals surface area contributed by atoms with Gasteiger partial charge in [0.15, 0.2) is 5.13 Å². The molecule has 0 fully saturated rings. The van der Waals surface area contributed by atoms with E-state index in [1.807, 2.05) is 6.92 Å². The summed E-state index contributed by atoms with van der Waals surface area (Å²) in [6.07, 6.45) is 0. The van der Waals surface area contributed by atoms with E-state index in [1.54, 1.807) is 24.3 Å². The summed E-state index contributed by atoms with van der Waals surface area (Å²) in [5, 5.41) is 9.48. The van der Waals surface area contributed by atoms with Crippen molar-refractivity contribution in [2.75, 3.05) is 11.1 Å². The zero-order valence-electron chi connectivity index (χ0n) is 15.6. The van der Waals surface area contributed by atoms with Gasteiger partial charge >= 0.3 is 0 Å². The number of nitrogen functional groups attached to an aromatic ring is 1. The van der Waals surface area contributed by atoms with E-state index >= 15 is 0 Å². The van der Waals surface area contributed by atoms with Crippen molar-refractivity contribution in [3.05, 3.63) is 60.0 Å². The molecule has 0 unspecified atom stereocenters. The molecule has 5 N–H and O–H groups in total. The lowest BCUT2D eigenvalue weighted by Gasteiger charge is -2.03. The Kier molecular flexibility index (Phi) is 5.28. The maximum absolute atomic E-state index is 13.2. The van der Waals surface area contributed by atoms with Crippen molar-refractivity contribution in [1.82, 2.24) is 9.97 Å². The number of anilines is 3. The number of rotatable bonds is 5. The molecule has 154 valence electrons. The Morgan fingerprint density at radius 2 is 1.63 bits per heavy atom. The molecule has 2 aromatic heterocycles. The Hall–Kier alpha value is -2.86. The molecule has 0 saturated carbocycles. The molecule has 30 heavy (non-hydrogen) atoms. The van der Waals surface area contributed by atoms with Crippen LogP contribution in [0.15, 0.2) is 53.4 Å². The molecule has 7 nitrogen and oxygen atoms in total. The monoisotopic (exact) mass is 461 g/mol. The van der Waals surface area contributed by atoms with Gasteiger partial charge in [-0.25, -0.2) is 27.9 Å². The van der Waals surface area contributed by atoms with Crippen LogP contribution in [0.3, 0.4) is 0 Å². The van der Waals surface area contributed by atoms with Gasteiger partial charge < -0.3 is 11.1 Å². The lowest BCUT2D eigenvalue weighted by Crippen LogP contribution is -2.11. The van der Waals surface area contributed by atoms with Crippen LogP contribution in [-0.2, 0) is 10.0 Å². The number of primary sulfonamides is 1. The number of halogens is 1. The minimum Gasteiger partial charge on any atom is -0.382 e. The number of sulfonamides is 1. The number of aromatic nitrogens is 2. The molecule has 0 radical (unpaired) electrons. The van der Waals surface area contributed by atoms with Gasteiger partial charge in [-0.15, -0.1) is 11.3 Å². The van der Waals surface area contributed by atoms with Crippen LogP contribution < -0.4 is 16.2 Å². The van der Waals surface area contributed by atoms with E-state index in [1.165, 1.54) is 46.9 Å². The highest BCUT2D eigenvalue weighted by atomic mass is 32.2. The van der Waals surface area contributed by atoms with Crippen LogP contribution in [0, 0.1) is 12.7 Å². The highest BCUT2D eigenvalue weighted by Gasteiger charge is 2.18. The molecular weight excluding hydrogens is 445 g/mol. The van der Waals surface area contributed by atoms with Crippen molar-refractivity contribution in [3.63, 3.8) is 0 Å². The number of hydrogen-bond donors (Lipinski definition) is 3. The maximum Gasteiger partial charge on any atom is 0.238 e. The molecule has 0 bridgehead atoms. The van der Waals surface area contributed by atoms with E-state index in [0.29, 0.717) is 16.6 Å². The van der Waals surface area contributed by atoms with Crippen molar-refractivity contribution in [1.29, 1.82) is 0 Å². The fourth-order valence-electron chi connectivity index (χ4n) is 2.75. The van der Waals surface area contributed by atoms with Crippen LogP contribution >= 0.6 is 22.7 Å². The van der Waals surface area contributed by atoms with E-state index in [0.717, 1.165) is 26.0 Å². The Morgan fingerprint density at radius 3 is 2.27 bits per heavy atom. The zero-order chi connectivity index (χ0) is 21.5. The first-order valence-corrected chi connectivity index (χ1v) is 11.8. The number of nitrogens with two attached hydrogens (primary N) is 2. The first-order chi connectivity index (χ1) is 14.2. The van der Waals surface area contributed by atoms with Crippen LogP contribution in [0.5, 0.6) is 0 Å². The Balaban J connectivity index is 1.60. The minimum atomic E-state index is -3.75.